The number of rotatable bonds is 2. The fraction of sp³-hybridized carbons (Fsp3) is 1.00. The molecule has 23 heavy (non-hydrogen) atoms. The molecule has 5 atom stereocenters. The van der Waals surface area contributed by atoms with Crippen LogP contribution in [-0.4, -0.2) is 0 Å². The Morgan fingerprint density at radius 2 is 1.22 bits per heavy atom. The molecule has 130 valence electrons. The summed E-state index contributed by atoms with van der Waals surface area (Å²) in [6, 6.07) is 0. The number of fused-ring (bicyclic) bond motifs is 10. The predicted molar refractivity (Wildman–Crippen MR) is 92.8 cm³/mol. The minimum atomic E-state index is -3.53. The molecule has 1 spiro atoms. The molecule has 0 bridgehead atoms. The second-order valence-electron chi connectivity index (χ2n) is 15.4. The van der Waals surface area contributed by atoms with E-state index in [9.17, 15) is 0 Å². The zero-order valence-electron chi connectivity index (χ0n) is 16.2. The number of hydrogen-bond donors (Lipinski definition) is 0. The Kier molecular flexibility index (Phi) is 0.496. The number of hydrogen-bond acceptors (Lipinski definition) is 0. The van der Waals surface area contributed by atoms with E-state index in [1.165, 1.54) is 28.9 Å². The Morgan fingerprint density at radius 1 is 0.739 bits per heavy atom. The predicted octanol–water partition coefficient (Wildman–Crippen LogP) is 7.77. The summed E-state index contributed by atoms with van der Waals surface area (Å²) in [5.41, 5.74) is 1.20. The summed E-state index contributed by atoms with van der Waals surface area (Å²) in [5.74, 6) is 0. The van der Waals surface area contributed by atoms with Gasteiger partial charge >= 0.3 is 132 Å². The van der Waals surface area contributed by atoms with E-state index in [1.54, 1.807) is 12.8 Å². The van der Waals surface area contributed by atoms with Crippen molar-refractivity contribution in [2.75, 3.05) is 0 Å². The SMILES string of the molecule is CC[C]12[CH]3[C]4(C(C)(C)C)[C]5(C(C)(C)C)[C]1(CC)[Fe]32451678[CH]2[CH]1[CH]6[CH]7[CH]28. The molecular weight excluding hydrogens is 320 g/mol. The van der Waals surface area contributed by atoms with Crippen molar-refractivity contribution in [2.45, 2.75) is 114 Å². The zero-order valence-corrected chi connectivity index (χ0v) is 17.3. The minimum absolute atomic E-state index is 0.595. The first-order chi connectivity index (χ1) is 10.3. The average molecular weight is 354 g/mol. The van der Waals surface area contributed by atoms with Gasteiger partial charge in [-0.1, -0.05) is 0 Å². The van der Waals surface area contributed by atoms with Gasteiger partial charge in [0.25, 0.3) is 0 Å². The first-order valence-corrected chi connectivity index (χ1v) is 16.6. The van der Waals surface area contributed by atoms with Crippen LogP contribution in [-0.2, 0) is 6.51 Å². The molecule has 0 N–H and O–H groups in total. The van der Waals surface area contributed by atoms with Crippen molar-refractivity contribution < 1.29 is 6.51 Å². The molecule has 10 aliphatic rings. The van der Waals surface area contributed by atoms with Gasteiger partial charge in [-0.05, 0) is 0 Å². The second kappa shape index (κ2) is 1.01. The molecule has 0 aromatic rings. The maximum absolute atomic E-state index is 3.53. The molecule has 10 rings (SSSR count). The van der Waals surface area contributed by atoms with Crippen molar-refractivity contribution in [3.05, 3.63) is 0 Å². The van der Waals surface area contributed by atoms with E-state index >= 15 is 0 Å². The van der Waals surface area contributed by atoms with Gasteiger partial charge < -0.3 is 0 Å². The Balaban J connectivity index is 1.63. The second-order valence-corrected chi connectivity index (χ2v) is 38.2. The van der Waals surface area contributed by atoms with E-state index in [1.807, 2.05) is 0 Å². The fourth-order valence-corrected chi connectivity index (χ4v) is 114. The Labute approximate surface area is 131 Å². The zero-order chi connectivity index (χ0) is 16.2. The van der Waals surface area contributed by atoms with Crippen LogP contribution < -0.4 is 0 Å². The summed E-state index contributed by atoms with van der Waals surface area (Å²) < 4.78 is 3.86. The molecule has 10 fully saturated rings. The third kappa shape index (κ3) is 0.121. The van der Waals surface area contributed by atoms with Crippen LogP contribution in [0.25, 0.3) is 0 Å². The molecule has 0 radical (unpaired) electrons. The van der Waals surface area contributed by atoms with Gasteiger partial charge in [0.2, 0.25) is 0 Å². The van der Waals surface area contributed by atoms with Crippen LogP contribution in [0.3, 0.4) is 0 Å². The van der Waals surface area contributed by atoms with Crippen molar-refractivity contribution in [1.82, 2.24) is 0 Å². The van der Waals surface area contributed by atoms with Crippen molar-refractivity contribution in [2.24, 2.45) is 10.8 Å². The summed E-state index contributed by atoms with van der Waals surface area (Å²) in [5, 5.41) is 0. The van der Waals surface area contributed by atoms with Crippen LogP contribution in [0.2, 0.25) is 46.2 Å². The topological polar surface area (TPSA) is 0 Å². The molecule has 0 saturated carbocycles. The third-order valence-corrected chi connectivity index (χ3v) is 65.2. The van der Waals surface area contributed by atoms with Crippen molar-refractivity contribution in [1.29, 1.82) is 0 Å². The van der Waals surface area contributed by atoms with Crippen molar-refractivity contribution in [3.8, 4) is 0 Å². The molecule has 0 aliphatic carbocycles. The van der Waals surface area contributed by atoms with E-state index in [0.29, 0.717) is 10.8 Å². The summed E-state index contributed by atoms with van der Waals surface area (Å²) >= 11 is 0. The van der Waals surface area contributed by atoms with Gasteiger partial charge in [0.1, 0.15) is 0 Å². The first-order valence-electron chi connectivity index (χ1n) is 10.5. The molecule has 0 nitrogen and oxygen atoms in total. The van der Waals surface area contributed by atoms with E-state index in [2.05, 4.69) is 55.4 Å². The molecule has 0 aromatic carbocycles. The van der Waals surface area contributed by atoms with Crippen LogP contribution in [0.4, 0.5) is 0 Å². The summed E-state index contributed by atoms with van der Waals surface area (Å²) in [6.45, 7) is 18.1. The van der Waals surface area contributed by atoms with Gasteiger partial charge in [-0.2, -0.15) is 0 Å². The van der Waals surface area contributed by atoms with Gasteiger partial charge in [0.05, 0.1) is 0 Å². The Morgan fingerprint density at radius 3 is 1.48 bits per heavy atom. The van der Waals surface area contributed by atoms with Gasteiger partial charge in [-0.3, -0.25) is 0 Å². The van der Waals surface area contributed by atoms with E-state index < -0.39 is 6.51 Å². The molecule has 10 saturated heterocycles. The van der Waals surface area contributed by atoms with Crippen LogP contribution in [0.1, 0.15) is 68.2 Å². The summed E-state index contributed by atoms with van der Waals surface area (Å²) in [7, 11) is 0. The van der Waals surface area contributed by atoms with Gasteiger partial charge in [0.15, 0.2) is 0 Å². The maximum atomic E-state index is 2.72. The fourth-order valence-electron chi connectivity index (χ4n) is 24.9. The standard InChI is InChI=1S/C17H29.C5H5.Fe/c1-9-12-11-14(16(3,4)5)15(13(12)10-2)17(6,7)8;1-2-4-5-3-1;/h11H,9-10H2,1-8H3;1-5H;. The monoisotopic (exact) mass is 354 g/mol. The molecule has 1 heteroatoms. The van der Waals surface area contributed by atoms with E-state index in [4.69, 9.17) is 0 Å². The molecule has 10 heterocycles. The molecule has 0 amide bonds. The quantitative estimate of drug-likeness (QED) is 0.444. The average Bonchev–Trinajstić information content (AvgIpc) is 3.36. The third-order valence-electron chi connectivity index (χ3n) is 18.9. The Bertz CT molecular complexity index is 1200. The van der Waals surface area contributed by atoms with Gasteiger partial charge in [-0.15, -0.1) is 0 Å². The van der Waals surface area contributed by atoms with E-state index in [-0.39, 0.29) is 0 Å². The van der Waals surface area contributed by atoms with E-state index in [0.717, 1.165) is 17.3 Å². The van der Waals surface area contributed by atoms with Crippen LogP contribution in [0.15, 0.2) is 0 Å². The normalized spacial score (nSPS) is 103. The summed E-state index contributed by atoms with van der Waals surface area (Å²) in [4.78, 5) is 8.39. The molecule has 10 aliphatic heterocycles. The van der Waals surface area contributed by atoms with Gasteiger partial charge in [0, 0.05) is 0 Å². The van der Waals surface area contributed by atoms with Crippen molar-refractivity contribution in [3.63, 3.8) is 0 Å². The summed E-state index contributed by atoms with van der Waals surface area (Å²) in [6.07, 6.45) is 3.23. The Hall–Kier alpha value is 0.519. The van der Waals surface area contributed by atoms with Gasteiger partial charge in [-0.25, -0.2) is 0 Å². The van der Waals surface area contributed by atoms with Crippen LogP contribution in [0, 0.1) is 10.8 Å². The molecule has 0 aromatic heterocycles. The molecule has 5 unspecified atom stereocenters. The van der Waals surface area contributed by atoms with Crippen molar-refractivity contribution >= 4 is 0 Å². The van der Waals surface area contributed by atoms with Crippen LogP contribution >= 0.6 is 0 Å². The molecular formula is C22H34Fe. The first kappa shape index (κ1) is 11.3. The van der Waals surface area contributed by atoms with Crippen LogP contribution in [0.5, 0.6) is 0 Å².